The lowest BCUT2D eigenvalue weighted by atomic mass is 9.90. The Hall–Kier alpha value is -0.300. The number of rotatable bonds is 5. The van der Waals surface area contributed by atoms with Crippen molar-refractivity contribution in [3.05, 3.63) is 11.6 Å². The first kappa shape index (κ1) is 16.7. The van der Waals surface area contributed by atoms with Crippen LogP contribution < -0.4 is 5.32 Å². The summed E-state index contributed by atoms with van der Waals surface area (Å²) >= 11 is 0. The molecular formula is C16H33N. The molecule has 1 atom stereocenters. The molecule has 0 saturated heterocycles. The largest absolute Gasteiger partial charge is 0.316 e. The highest BCUT2D eigenvalue weighted by Gasteiger charge is 2.09. The summed E-state index contributed by atoms with van der Waals surface area (Å²) in [6.07, 6.45) is 9.02. The van der Waals surface area contributed by atoms with E-state index < -0.39 is 0 Å². The van der Waals surface area contributed by atoms with E-state index in [0.717, 1.165) is 18.4 Å². The molecule has 0 bridgehead atoms. The molecular weight excluding hydrogens is 206 g/mol. The summed E-state index contributed by atoms with van der Waals surface area (Å²) in [6, 6.07) is 0. The molecule has 0 aromatic carbocycles. The highest BCUT2D eigenvalue weighted by Crippen LogP contribution is 2.24. The van der Waals surface area contributed by atoms with Crippen LogP contribution in [0.2, 0.25) is 0 Å². The first-order chi connectivity index (χ1) is 8.10. The maximum atomic E-state index is 3.50. The molecule has 0 aromatic rings. The van der Waals surface area contributed by atoms with Gasteiger partial charge in [0.1, 0.15) is 0 Å². The molecule has 1 N–H and O–H groups in total. The van der Waals surface area contributed by atoms with E-state index in [1.807, 2.05) is 0 Å². The van der Waals surface area contributed by atoms with Crippen molar-refractivity contribution in [2.24, 2.45) is 11.8 Å². The molecule has 0 aliphatic heterocycles. The van der Waals surface area contributed by atoms with Gasteiger partial charge in [-0.3, -0.25) is 0 Å². The van der Waals surface area contributed by atoms with Crippen LogP contribution in [0.3, 0.4) is 0 Å². The zero-order valence-corrected chi connectivity index (χ0v) is 12.7. The highest BCUT2D eigenvalue weighted by molar-refractivity contribution is 5.06. The van der Waals surface area contributed by atoms with Gasteiger partial charge < -0.3 is 5.32 Å². The van der Waals surface area contributed by atoms with Crippen molar-refractivity contribution in [2.75, 3.05) is 13.1 Å². The first-order valence-corrected chi connectivity index (χ1v) is 7.48. The molecule has 1 rings (SSSR count). The molecule has 0 radical (unpaired) electrons. The van der Waals surface area contributed by atoms with Gasteiger partial charge in [-0.25, -0.2) is 0 Å². The minimum absolute atomic E-state index is 0.773. The lowest BCUT2D eigenvalue weighted by Gasteiger charge is -2.18. The molecule has 0 heterocycles. The standard InChI is InChI=1S/C13H25N.C3H8/c1-11(2)10-14-9-8-13-6-4-12(3)5-7-13;1-3-2/h6,11-12,14H,4-5,7-10H2,1-3H3;3H2,1-2H3. The Morgan fingerprint density at radius 1 is 1.35 bits per heavy atom. The predicted molar refractivity (Wildman–Crippen MR) is 79.4 cm³/mol. The third kappa shape index (κ3) is 10.6. The van der Waals surface area contributed by atoms with E-state index in [2.05, 4.69) is 46.0 Å². The second-order valence-corrected chi connectivity index (χ2v) is 5.80. The topological polar surface area (TPSA) is 12.0 Å². The fourth-order valence-corrected chi connectivity index (χ4v) is 1.89. The lowest BCUT2D eigenvalue weighted by molar-refractivity contribution is 0.497. The van der Waals surface area contributed by atoms with Gasteiger partial charge in [0.15, 0.2) is 0 Å². The van der Waals surface area contributed by atoms with Crippen LogP contribution in [0.5, 0.6) is 0 Å². The van der Waals surface area contributed by atoms with Crippen LogP contribution in [-0.4, -0.2) is 13.1 Å². The fraction of sp³-hybridized carbons (Fsp3) is 0.875. The van der Waals surface area contributed by atoms with Crippen LogP contribution in [0, 0.1) is 11.8 Å². The van der Waals surface area contributed by atoms with Gasteiger partial charge in [0.25, 0.3) is 0 Å². The summed E-state index contributed by atoms with van der Waals surface area (Å²) in [7, 11) is 0. The zero-order valence-electron chi connectivity index (χ0n) is 12.7. The van der Waals surface area contributed by atoms with E-state index in [9.17, 15) is 0 Å². The van der Waals surface area contributed by atoms with Crippen molar-refractivity contribution in [1.82, 2.24) is 5.32 Å². The van der Waals surface area contributed by atoms with Gasteiger partial charge in [0.05, 0.1) is 0 Å². The van der Waals surface area contributed by atoms with E-state index in [-0.39, 0.29) is 0 Å². The fourth-order valence-electron chi connectivity index (χ4n) is 1.89. The third-order valence-corrected chi connectivity index (χ3v) is 2.94. The SMILES string of the molecule is CC(C)CNCCC1=CCC(C)CC1.CCC. The Balaban J connectivity index is 0.000000770. The van der Waals surface area contributed by atoms with E-state index in [0.29, 0.717) is 0 Å². The second kappa shape index (κ2) is 10.8. The molecule has 0 saturated carbocycles. The van der Waals surface area contributed by atoms with Gasteiger partial charge in [-0.05, 0) is 50.6 Å². The molecule has 0 amide bonds. The summed E-state index contributed by atoms with van der Waals surface area (Å²) < 4.78 is 0. The summed E-state index contributed by atoms with van der Waals surface area (Å²) in [5.41, 5.74) is 1.68. The van der Waals surface area contributed by atoms with Crippen molar-refractivity contribution >= 4 is 0 Å². The molecule has 0 spiro atoms. The van der Waals surface area contributed by atoms with Crippen LogP contribution >= 0.6 is 0 Å². The predicted octanol–water partition coefficient (Wildman–Crippen LogP) is 4.78. The van der Waals surface area contributed by atoms with E-state index in [1.165, 1.54) is 38.6 Å². The van der Waals surface area contributed by atoms with Gasteiger partial charge >= 0.3 is 0 Å². The van der Waals surface area contributed by atoms with E-state index in [4.69, 9.17) is 0 Å². The molecule has 102 valence electrons. The summed E-state index contributed by atoms with van der Waals surface area (Å²) in [5.74, 6) is 1.69. The van der Waals surface area contributed by atoms with E-state index in [1.54, 1.807) is 5.57 Å². The first-order valence-electron chi connectivity index (χ1n) is 7.48. The minimum Gasteiger partial charge on any atom is -0.316 e. The van der Waals surface area contributed by atoms with Crippen LogP contribution in [-0.2, 0) is 0 Å². The molecule has 1 nitrogen and oxygen atoms in total. The van der Waals surface area contributed by atoms with Gasteiger partial charge in [-0.15, -0.1) is 0 Å². The number of hydrogen-bond acceptors (Lipinski definition) is 1. The van der Waals surface area contributed by atoms with Crippen LogP contribution in [0.15, 0.2) is 11.6 Å². The lowest BCUT2D eigenvalue weighted by Crippen LogP contribution is -2.21. The van der Waals surface area contributed by atoms with Crippen LogP contribution in [0.4, 0.5) is 0 Å². The highest BCUT2D eigenvalue weighted by atomic mass is 14.8. The van der Waals surface area contributed by atoms with Gasteiger partial charge in [0.2, 0.25) is 0 Å². The minimum atomic E-state index is 0.773. The third-order valence-electron chi connectivity index (χ3n) is 2.94. The maximum Gasteiger partial charge on any atom is -0.00115 e. The monoisotopic (exact) mass is 239 g/mol. The van der Waals surface area contributed by atoms with Crippen molar-refractivity contribution in [1.29, 1.82) is 0 Å². The van der Waals surface area contributed by atoms with Crippen molar-refractivity contribution in [3.63, 3.8) is 0 Å². The Labute approximate surface area is 109 Å². The van der Waals surface area contributed by atoms with Gasteiger partial charge in [-0.1, -0.05) is 52.7 Å². The molecule has 1 heteroatoms. The Morgan fingerprint density at radius 2 is 2.00 bits per heavy atom. The van der Waals surface area contributed by atoms with Crippen LogP contribution in [0.1, 0.15) is 66.7 Å². The second-order valence-electron chi connectivity index (χ2n) is 5.80. The number of nitrogens with one attached hydrogen (secondary N) is 1. The summed E-state index contributed by atoms with van der Waals surface area (Å²) in [5, 5.41) is 3.50. The normalized spacial score (nSPS) is 19.6. The Bertz CT molecular complexity index is 194. The molecule has 1 aliphatic carbocycles. The van der Waals surface area contributed by atoms with Gasteiger partial charge in [0, 0.05) is 0 Å². The molecule has 0 aromatic heterocycles. The average molecular weight is 239 g/mol. The quantitative estimate of drug-likeness (QED) is 0.537. The zero-order chi connectivity index (χ0) is 13.1. The van der Waals surface area contributed by atoms with Crippen molar-refractivity contribution in [2.45, 2.75) is 66.7 Å². The Morgan fingerprint density at radius 3 is 2.47 bits per heavy atom. The van der Waals surface area contributed by atoms with Gasteiger partial charge in [-0.2, -0.15) is 0 Å². The average Bonchev–Trinajstić information content (AvgIpc) is 2.28. The van der Waals surface area contributed by atoms with E-state index >= 15 is 0 Å². The number of allylic oxidation sites excluding steroid dienone is 1. The maximum absolute atomic E-state index is 3.50. The Kier molecular flexibility index (Phi) is 10.6. The smallest absolute Gasteiger partial charge is 0.00115 e. The van der Waals surface area contributed by atoms with Crippen molar-refractivity contribution in [3.8, 4) is 0 Å². The van der Waals surface area contributed by atoms with Crippen LogP contribution in [0.25, 0.3) is 0 Å². The molecule has 17 heavy (non-hydrogen) atoms. The molecule has 1 unspecified atom stereocenters. The summed E-state index contributed by atoms with van der Waals surface area (Å²) in [6.45, 7) is 13.4. The van der Waals surface area contributed by atoms with Crippen molar-refractivity contribution < 1.29 is 0 Å². The number of hydrogen-bond donors (Lipinski definition) is 1. The summed E-state index contributed by atoms with van der Waals surface area (Å²) in [4.78, 5) is 0. The molecule has 1 aliphatic rings. The molecule has 0 fully saturated rings.